The Morgan fingerprint density at radius 3 is 2.91 bits per heavy atom. The largest absolute Gasteiger partial charge is 0.491 e. The molecule has 1 amide bonds. The molecule has 0 aliphatic carbocycles. The summed E-state index contributed by atoms with van der Waals surface area (Å²) in [6, 6.07) is 7.71. The van der Waals surface area contributed by atoms with Crippen molar-refractivity contribution in [2.75, 3.05) is 38.2 Å². The molecule has 1 fully saturated rings. The van der Waals surface area contributed by atoms with Crippen molar-refractivity contribution in [2.24, 2.45) is 0 Å². The molecule has 0 spiro atoms. The zero-order valence-corrected chi connectivity index (χ0v) is 13.5. The molecule has 1 aliphatic heterocycles. The highest BCUT2D eigenvalue weighted by atomic mass is 16.5. The Labute approximate surface area is 132 Å². The molecular formula is C17H26N2O3. The minimum atomic E-state index is 0.107. The molecule has 1 unspecified atom stereocenters. The third-order valence-electron chi connectivity index (χ3n) is 3.85. The molecule has 5 heteroatoms. The minimum absolute atomic E-state index is 0.107. The summed E-state index contributed by atoms with van der Waals surface area (Å²) in [6.45, 7) is 7.17. The number of ether oxygens (including phenoxy) is 2. The molecule has 22 heavy (non-hydrogen) atoms. The number of anilines is 1. The van der Waals surface area contributed by atoms with E-state index in [9.17, 15) is 4.79 Å². The van der Waals surface area contributed by atoms with Gasteiger partial charge in [-0.1, -0.05) is 6.07 Å². The molecule has 1 atom stereocenters. The van der Waals surface area contributed by atoms with Gasteiger partial charge in [0.2, 0.25) is 5.91 Å². The van der Waals surface area contributed by atoms with Gasteiger partial charge in [-0.15, -0.1) is 0 Å². The summed E-state index contributed by atoms with van der Waals surface area (Å²) in [4.78, 5) is 13.8. The Morgan fingerprint density at radius 2 is 2.23 bits per heavy atom. The molecule has 1 aliphatic rings. The lowest BCUT2D eigenvalue weighted by Crippen LogP contribution is -2.35. The monoisotopic (exact) mass is 306 g/mol. The van der Waals surface area contributed by atoms with Crippen molar-refractivity contribution in [1.82, 2.24) is 4.90 Å². The van der Waals surface area contributed by atoms with Crippen molar-refractivity contribution >= 4 is 11.6 Å². The van der Waals surface area contributed by atoms with Crippen LogP contribution < -0.4 is 10.1 Å². The first kappa shape index (κ1) is 16.6. The molecule has 1 aromatic carbocycles. The molecule has 1 saturated heterocycles. The average molecular weight is 306 g/mol. The van der Waals surface area contributed by atoms with E-state index in [0.29, 0.717) is 13.2 Å². The van der Waals surface area contributed by atoms with Crippen molar-refractivity contribution in [3.63, 3.8) is 0 Å². The van der Waals surface area contributed by atoms with Crippen LogP contribution in [0.4, 0.5) is 5.69 Å². The number of nitrogens with zero attached hydrogens (tertiary/aromatic N) is 1. The first-order chi connectivity index (χ1) is 10.7. The quantitative estimate of drug-likeness (QED) is 0.802. The van der Waals surface area contributed by atoms with Crippen LogP contribution in [0.25, 0.3) is 0 Å². The minimum Gasteiger partial charge on any atom is -0.491 e. The second kappa shape index (κ2) is 8.63. The van der Waals surface area contributed by atoms with Gasteiger partial charge in [-0.3, -0.25) is 4.79 Å². The third kappa shape index (κ3) is 4.91. The van der Waals surface area contributed by atoms with E-state index in [0.717, 1.165) is 44.0 Å². The number of nitrogens with one attached hydrogen (secondary N) is 1. The molecule has 0 bridgehead atoms. The third-order valence-corrected chi connectivity index (χ3v) is 3.85. The summed E-state index contributed by atoms with van der Waals surface area (Å²) >= 11 is 0. The summed E-state index contributed by atoms with van der Waals surface area (Å²) in [7, 11) is 0. The topological polar surface area (TPSA) is 50.8 Å². The van der Waals surface area contributed by atoms with Crippen LogP contribution in [0.3, 0.4) is 0 Å². The fourth-order valence-corrected chi connectivity index (χ4v) is 2.53. The van der Waals surface area contributed by atoms with E-state index >= 15 is 0 Å². The van der Waals surface area contributed by atoms with Gasteiger partial charge in [0.05, 0.1) is 12.6 Å². The molecule has 0 radical (unpaired) electrons. The fourth-order valence-electron chi connectivity index (χ4n) is 2.53. The van der Waals surface area contributed by atoms with Crippen LogP contribution in [-0.4, -0.2) is 49.8 Å². The van der Waals surface area contributed by atoms with Crippen molar-refractivity contribution < 1.29 is 14.3 Å². The number of rotatable bonds is 8. The summed E-state index contributed by atoms with van der Waals surface area (Å²) in [5, 5.41) is 3.16. The van der Waals surface area contributed by atoms with Crippen molar-refractivity contribution in [2.45, 2.75) is 32.8 Å². The van der Waals surface area contributed by atoms with Crippen LogP contribution in [0, 0.1) is 0 Å². The van der Waals surface area contributed by atoms with Crippen LogP contribution in [-0.2, 0) is 9.53 Å². The summed E-state index contributed by atoms with van der Waals surface area (Å²) in [5.74, 6) is 0.909. The second-order valence-corrected chi connectivity index (χ2v) is 5.39. The van der Waals surface area contributed by atoms with Gasteiger partial charge in [-0.25, -0.2) is 0 Å². The molecule has 0 saturated carbocycles. The number of carbonyl (C=O) groups is 1. The standard InChI is InChI=1S/C17H26N2O3/c1-3-19(4-2)17(20)12-18-14-7-5-8-15(11-14)22-13-16-9-6-10-21-16/h5,7-8,11,16,18H,3-4,6,9-10,12-13H2,1-2H3. The lowest BCUT2D eigenvalue weighted by molar-refractivity contribution is -0.128. The maximum atomic E-state index is 12.0. The predicted octanol–water partition coefficient (Wildman–Crippen LogP) is 2.52. The molecule has 2 rings (SSSR count). The van der Waals surface area contributed by atoms with Crippen LogP contribution in [0.15, 0.2) is 24.3 Å². The number of hydrogen-bond acceptors (Lipinski definition) is 4. The van der Waals surface area contributed by atoms with Gasteiger partial charge in [0.15, 0.2) is 0 Å². The van der Waals surface area contributed by atoms with Gasteiger partial charge in [0, 0.05) is 31.5 Å². The van der Waals surface area contributed by atoms with Gasteiger partial charge in [-0.2, -0.15) is 0 Å². The lowest BCUT2D eigenvalue weighted by atomic mass is 10.2. The molecule has 1 heterocycles. The number of benzene rings is 1. The van der Waals surface area contributed by atoms with Crippen molar-refractivity contribution in [1.29, 1.82) is 0 Å². The first-order valence-electron chi connectivity index (χ1n) is 8.09. The highest BCUT2D eigenvalue weighted by molar-refractivity contribution is 5.80. The van der Waals surface area contributed by atoms with Crippen molar-refractivity contribution in [3.8, 4) is 5.75 Å². The molecular weight excluding hydrogens is 280 g/mol. The maximum Gasteiger partial charge on any atom is 0.241 e. The average Bonchev–Trinajstić information content (AvgIpc) is 3.06. The zero-order valence-electron chi connectivity index (χ0n) is 13.5. The smallest absolute Gasteiger partial charge is 0.241 e. The molecule has 122 valence electrons. The number of carbonyl (C=O) groups excluding carboxylic acids is 1. The van der Waals surface area contributed by atoms with Crippen LogP contribution in [0.1, 0.15) is 26.7 Å². The fraction of sp³-hybridized carbons (Fsp3) is 0.588. The second-order valence-electron chi connectivity index (χ2n) is 5.39. The number of hydrogen-bond donors (Lipinski definition) is 1. The highest BCUT2D eigenvalue weighted by Crippen LogP contribution is 2.19. The zero-order chi connectivity index (χ0) is 15.8. The SMILES string of the molecule is CCN(CC)C(=O)CNc1cccc(OCC2CCCO2)c1. The van der Waals surface area contributed by atoms with Crippen molar-refractivity contribution in [3.05, 3.63) is 24.3 Å². The van der Waals surface area contributed by atoms with E-state index in [1.165, 1.54) is 0 Å². The highest BCUT2D eigenvalue weighted by Gasteiger charge is 2.16. The Kier molecular flexibility index (Phi) is 6.52. The van der Waals surface area contributed by atoms with E-state index in [1.807, 2.05) is 43.0 Å². The number of amides is 1. The Hall–Kier alpha value is -1.75. The van der Waals surface area contributed by atoms with Gasteiger partial charge < -0.3 is 19.7 Å². The van der Waals surface area contributed by atoms with Crippen LogP contribution >= 0.6 is 0 Å². The first-order valence-corrected chi connectivity index (χ1v) is 8.09. The van der Waals surface area contributed by atoms with Gasteiger partial charge in [0.25, 0.3) is 0 Å². The van der Waals surface area contributed by atoms with Crippen LogP contribution in [0.2, 0.25) is 0 Å². The Morgan fingerprint density at radius 1 is 1.41 bits per heavy atom. The normalized spacial score (nSPS) is 17.3. The lowest BCUT2D eigenvalue weighted by Gasteiger charge is -2.19. The van der Waals surface area contributed by atoms with Gasteiger partial charge >= 0.3 is 0 Å². The molecule has 1 aromatic rings. The molecule has 0 aromatic heterocycles. The predicted molar refractivity (Wildman–Crippen MR) is 87.3 cm³/mol. The van der Waals surface area contributed by atoms with E-state index in [2.05, 4.69) is 5.32 Å². The molecule has 5 nitrogen and oxygen atoms in total. The Balaban J connectivity index is 1.81. The van der Waals surface area contributed by atoms with E-state index < -0.39 is 0 Å². The number of likely N-dealkylation sites (N-methyl/N-ethyl adjacent to an activating group) is 1. The van der Waals surface area contributed by atoms with Gasteiger partial charge in [-0.05, 0) is 38.8 Å². The van der Waals surface area contributed by atoms with Gasteiger partial charge in [0.1, 0.15) is 12.4 Å². The summed E-state index contributed by atoms with van der Waals surface area (Å²) in [5.41, 5.74) is 0.894. The van der Waals surface area contributed by atoms with E-state index in [-0.39, 0.29) is 12.0 Å². The maximum absolute atomic E-state index is 12.0. The van der Waals surface area contributed by atoms with E-state index in [4.69, 9.17) is 9.47 Å². The van der Waals surface area contributed by atoms with Crippen LogP contribution in [0.5, 0.6) is 5.75 Å². The Bertz CT molecular complexity index is 469. The molecule has 1 N–H and O–H groups in total. The summed E-state index contributed by atoms with van der Waals surface area (Å²) in [6.07, 6.45) is 2.39. The van der Waals surface area contributed by atoms with E-state index in [1.54, 1.807) is 0 Å². The summed E-state index contributed by atoms with van der Waals surface area (Å²) < 4.78 is 11.3.